The van der Waals surface area contributed by atoms with Gasteiger partial charge in [0.25, 0.3) is 5.91 Å². The van der Waals surface area contributed by atoms with Gasteiger partial charge in [-0.25, -0.2) is 4.98 Å². The Kier molecular flexibility index (Phi) is 6.27. The Balaban J connectivity index is 1.70. The van der Waals surface area contributed by atoms with Crippen LogP contribution in [-0.4, -0.2) is 34.9 Å². The molecule has 0 saturated carbocycles. The number of carbonyl (C=O) groups excluding carboxylic acids is 1. The molecule has 0 bridgehead atoms. The Morgan fingerprint density at radius 3 is 2.64 bits per heavy atom. The van der Waals surface area contributed by atoms with Gasteiger partial charge in [0.2, 0.25) is 0 Å². The summed E-state index contributed by atoms with van der Waals surface area (Å²) < 4.78 is 0. The molecule has 2 aromatic rings. The van der Waals surface area contributed by atoms with Gasteiger partial charge in [0.1, 0.15) is 11.8 Å². The quantitative estimate of drug-likeness (QED) is 0.834. The fourth-order valence-corrected chi connectivity index (χ4v) is 3.63. The van der Waals surface area contributed by atoms with Crippen molar-refractivity contribution in [1.82, 2.24) is 9.88 Å². The van der Waals surface area contributed by atoms with Crippen LogP contribution in [0.5, 0.6) is 0 Å². The first-order valence-corrected chi connectivity index (χ1v) is 9.76. The van der Waals surface area contributed by atoms with Crippen LogP contribution in [0.2, 0.25) is 0 Å². The number of hydrogen-bond acceptors (Lipinski definition) is 5. The number of piperidine rings is 1. The number of aromatic nitrogens is 1. The monoisotopic (exact) mass is 377 g/mol. The summed E-state index contributed by atoms with van der Waals surface area (Å²) >= 11 is 0. The number of benzene rings is 1. The minimum absolute atomic E-state index is 0.0584. The topological polar surface area (TPSA) is 95.0 Å². The van der Waals surface area contributed by atoms with Gasteiger partial charge in [0, 0.05) is 37.6 Å². The van der Waals surface area contributed by atoms with Gasteiger partial charge < -0.3 is 16.0 Å². The first-order valence-electron chi connectivity index (χ1n) is 9.76. The maximum atomic E-state index is 13.1. The van der Waals surface area contributed by atoms with E-state index < -0.39 is 0 Å². The molecule has 2 heterocycles. The highest BCUT2D eigenvalue weighted by atomic mass is 16.2. The highest BCUT2D eigenvalue weighted by Crippen LogP contribution is 2.29. The van der Waals surface area contributed by atoms with Crippen LogP contribution in [0.4, 0.5) is 5.69 Å². The standard InChI is InChI=1S/C22H27N5O/c1-15(2)26-21-11-16(12-23)3-6-20(21)22(28)27-9-7-17(8-10-27)18-4-5-19(13-24)25-14-18/h3-6,11,14-15,17,26H,7-10,12,23H2,1-2H3. The van der Waals surface area contributed by atoms with Crippen molar-refractivity contribution in [3.05, 3.63) is 58.9 Å². The lowest BCUT2D eigenvalue weighted by Gasteiger charge is -2.32. The molecule has 0 radical (unpaired) electrons. The summed E-state index contributed by atoms with van der Waals surface area (Å²) in [5.74, 6) is 0.431. The molecule has 1 aliphatic rings. The molecule has 146 valence electrons. The van der Waals surface area contributed by atoms with Crippen molar-refractivity contribution in [3.63, 3.8) is 0 Å². The van der Waals surface area contributed by atoms with Crippen molar-refractivity contribution in [2.45, 2.75) is 45.2 Å². The highest BCUT2D eigenvalue weighted by Gasteiger charge is 2.26. The smallest absolute Gasteiger partial charge is 0.255 e. The third-order valence-electron chi connectivity index (χ3n) is 5.15. The van der Waals surface area contributed by atoms with Crippen molar-refractivity contribution in [3.8, 4) is 6.07 Å². The highest BCUT2D eigenvalue weighted by molar-refractivity contribution is 5.99. The van der Waals surface area contributed by atoms with Crippen molar-refractivity contribution in [1.29, 1.82) is 5.26 Å². The number of likely N-dealkylation sites (tertiary alicyclic amines) is 1. The first-order chi connectivity index (χ1) is 13.5. The van der Waals surface area contributed by atoms with E-state index in [2.05, 4.69) is 24.1 Å². The second-order valence-electron chi connectivity index (χ2n) is 7.54. The third kappa shape index (κ3) is 4.49. The molecule has 1 saturated heterocycles. The number of pyridine rings is 1. The van der Waals surface area contributed by atoms with E-state index in [1.807, 2.05) is 35.2 Å². The molecule has 1 aliphatic heterocycles. The number of nitrogens with zero attached hydrogens (tertiary/aromatic N) is 3. The lowest BCUT2D eigenvalue weighted by molar-refractivity contribution is 0.0714. The summed E-state index contributed by atoms with van der Waals surface area (Å²) in [5.41, 5.74) is 9.89. The molecule has 0 aliphatic carbocycles. The molecule has 0 unspecified atom stereocenters. The molecule has 6 heteroatoms. The Morgan fingerprint density at radius 2 is 2.07 bits per heavy atom. The van der Waals surface area contributed by atoms with Crippen LogP contribution in [0.3, 0.4) is 0 Å². The summed E-state index contributed by atoms with van der Waals surface area (Å²) in [4.78, 5) is 19.2. The van der Waals surface area contributed by atoms with Crippen LogP contribution >= 0.6 is 0 Å². The van der Waals surface area contributed by atoms with Gasteiger partial charge in [0.05, 0.1) is 5.56 Å². The molecule has 28 heavy (non-hydrogen) atoms. The zero-order chi connectivity index (χ0) is 20.1. The normalized spacial score (nSPS) is 14.8. The lowest BCUT2D eigenvalue weighted by atomic mass is 9.90. The van der Waals surface area contributed by atoms with Gasteiger partial charge >= 0.3 is 0 Å². The van der Waals surface area contributed by atoms with E-state index in [9.17, 15) is 4.79 Å². The molecule has 1 fully saturated rings. The van der Waals surface area contributed by atoms with Crippen molar-refractivity contribution >= 4 is 11.6 Å². The summed E-state index contributed by atoms with van der Waals surface area (Å²) in [6, 6.07) is 11.8. The summed E-state index contributed by atoms with van der Waals surface area (Å²) in [5, 5.41) is 12.3. The summed E-state index contributed by atoms with van der Waals surface area (Å²) in [6.07, 6.45) is 3.58. The number of nitriles is 1. The van der Waals surface area contributed by atoms with Crippen molar-refractivity contribution < 1.29 is 4.79 Å². The number of anilines is 1. The molecule has 0 atom stereocenters. The van der Waals surface area contributed by atoms with E-state index >= 15 is 0 Å². The molecule has 6 nitrogen and oxygen atoms in total. The van der Waals surface area contributed by atoms with E-state index in [0.29, 0.717) is 36.8 Å². The van der Waals surface area contributed by atoms with Gasteiger partial charge in [-0.2, -0.15) is 5.26 Å². The van der Waals surface area contributed by atoms with Gasteiger partial charge in [0.15, 0.2) is 0 Å². The van der Waals surface area contributed by atoms with E-state index in [1.165, 1.54) is 0 Å². The second kappa shape index (κ2) is 8.85. The van der Waals surface area contributed by atoms with E-state index in [4.69, 9.17) is 11.0 Å². The largest absolute Gasteiger partial charge is 0.382 e. The number of rotatable bonds is 5. The first kappa shape index (κ1) is 19.8. The maximum Gasteiger partial charge on any atom is 0.255 e. The minimum Gasteiger partial charge on any atom is -0.382 e. The molecule has 1 aromatic carbocycles. The number of nitrogens with one attached hydrogen (secondary N) is 1. The van der Waals surface area contributed by atoms with Gasteiger partial charge in [-0.15, -0.1) is 0 Å². The summed E-state index contributed by atoms with van der Waals surface area (Å²) in [7, 11) is 0. The number of nitrogens with two attached hydrogens (primary N) is 1. The molecule has 0 spiro atoms. The van der Waals surface area contributed by atoms with Crippen LogP contribution in [0.15, 0.2) is 36.5 Å². The predicted octanol–water partition coefficient (Wildman–Crippen LogP) is 3.25. The van der Waals surface area contributed by atoms with Gasteiger partial charge in [-0.1, -0.05) is 12.1 Å². The predicted molar refractivity (Wildman–Crippen MR) is 110 cm³/mol. The Bertz CT molecular complexity index is 861. The fourth-order valence-electron chi connectivity index (χ4n) is 3.63. The Labute approximate surface area is 166 Å². The van der Waals surface area contributed by atoms with E-state index in [1.54, 1.807) is 12.3 Å². The van der Waals surface area contributed by atoms with Crippen molar-refractivity contribution in [2.75, 3.05) is 18.4 Å². The number of hydrogen-bond donors (Lipinski definition) is 2. The molecule has 1 amide bonds. The average Bonchev–Trinajstić information content (AvgIpc) is 2.73. The third-order valence-corrected chi connectivity index (χ3v) is 5.15. The molecule has 3 N–H and O–H groups in total. The minimum atomic E-state index is 0.0584. The Morgan fingerprint density at radius 1 is 1.32 bits per heavy atom. The second-order valence-corrected chi connectivity index (χ2v) is 7.54. The molecule has 3 rings (SSSR count). The zero-order valence-electron chi connectivity index (χ0n) is 16.5. The van der Waals surface area contributed by atoms with Gasteiger partial charge in [-0.3, -0.25) is 4.79 Å². The fraction of sp³-hybridized carbons (Fsp3) is 0.409. The SMILES string of the molecule is CC(C)Nc1cc(CN)ccc1C(=O)N1CCC(c2ccc(C#N)nc2)CC1. The lowest BCUT2D eigenvalue weighted by Crippen LogP contribution is -2.38. The van der Waals surface area contributed by atoms with E-state index in [0.717, 1.165) is 29.7 Å². The zero-order valence-corrected chi connectivity index (χ0v) is 16.5. The van der Waals surface area contributed by atoms with Crippen molar-refractivity contribution in [2.24, 2.45) is 5.73 Å². The Hall–Kier alpha value is -2.91. The number of carbonyl (C=O) groups is 1. The average molecular weight is 377 g/mol. The molecule has 1 aromatic heterocycles. The van der Waals surface area contributed by atoms with Crippen LogP contribution < -0.4 is 11.1 Å². The van der Waals surface area contributed by atoms with E-state index in [-0.39, 0.29) is 11.9 Å². The van der Waals surface area contributed by atoms with Crippen LogP contribution in [0.25, 0.3) is 0 Å². The van der Waals surface area contributed by atoms with Crippen LogP contribution in [-0.2, 0) is 6.54 Å². The molecular formula is C22H27N5O. The number of amides is 1. The van der Waals surface area contributed by atoms with Crippen LogP contribution in [0.1, 0.15) is 59.8 Å². The van der Waals surface area contributed by atoms with Gasteiger partial charge in [-0.05, 0) is 61.9 Å². The van der Waals surface area contributed by atoms with Crippen LogP contribution in [0, 0.1) is 11.3 Å². The summed E-state index contributed by atoms with van der Waals surface area (Å²) in [6.45, 7) is 5.98. The molecular weight excluding hydrogens is 350 g/mol. The maximum absolute atomic E-state index is 13.1.